The van der Waals surface area contributed by atoms with Crippen LogP contribution in [-0.4, -0.2) is 63.6 Å². The van der Waals surface area contributed by atoms with Gasteiger partial charge in [-0.05, 0) is 85.0 Å². The van der Waals surface area contributed by atoms with Gasteiger partial charge in [-0.15, -0.1) is 13.2 Å². The van der Waals surface area contributed by atoms with Crippen molar-refractivity contribution in [2.45, 2.75) is 57.9 Å². The molecule has 0 unspecified atom stereocenters. The van der Waals surface area contributed by atoms with Gasteiger partial charge < -0.3 is 34.0 Å². The van der Waals surface area contributed by atoms with E-state index < -0.39 is 11.3 Å². The van der Waals surface area contributed by atoms with Gasteiger partial charge in [0.15, 0.2) is 0 Å². The fourth-order valence-electron chi connectivity index (χ4n) is 5.78. The molecule has 0 saturated carbocycles. The van der Waals surface area contributed by atoms with Crippen molar-refractivity contribution in [2.75, 3.05) is 24.6 Å². The Morgan fingerprint density at radius 1 is 0.915 bits per heavy atom. The van der Waals surface area contributed by atoms with Crippen LogP contribution in [0.25, 0.3) is 0 Å². The number of piperazine rings is 1. The molecule has 11 nitrogen and oxygen atoms in total. The normalized spacial score (nSPS) is 19.9. The van der Waals surface area contributed by atoms with Crippen LogP contribution in [0.4, 0.5) is 24.7 Å². The SMILES string of the molecule is C[C@@H]1CN(c2ccc(OC[C@H]3CCn4cc([N+](=O)[O-])nc4O3)cc2)[C@@H](C)CN1Cc1ccc(Oc2ccc(OC(F)(F)F)cc2)cc1. The molecule has 3 heterocycles. The number of aromatic nitrogens is 2. The highest BCUT2D eigenvalue weighted by Crippen LogP contribution is 2.30. The third-order valence-electron chi connectivity index (χ3n) is 8.20. The maximum Gasteiger partial charge on any atom is 0.573 e. The molecule has 0 N–H and O–H groups in total. The maximum atomic E-state index is 12.4. The van der Waals surface area contributed by atoms with E-state index in [1.807, 2.05) is 36.4 Å². The van der Waals surface area contributed by atoms with Crippen molar-refractivity contribution < 1.29 is 37.0 Å². The number of anilines is 1. The van der Waals surface area contributed by atoms with E-state index in [-0.39, 0.29) is 29.7 Å². The second-order valence-electron chi connectivity index (χ2n) is 11.7. The van der Waals surface area contributed by atoms with Gasteiger partial charge in [-0.1, -0.05) is 12.1 Å². The molecule has 248 valence electrons. The molecule has 1 fully saturated rings. The quantitative estimate of drug-likeness (QED) is 0.135. The standard InChI is InChI=1S/C33H34F3N5O6/c1-22-18-40(25-5-9-26(10-6-25)44-21-30-15-16-38-20-31(41(42)43)37-32(38)46-30)23(2)17-39(22)19-24-3-7-27(8-4-24)45-28-11-13-29(14-12-28)47-33(34,35)36/h3-14,20,22-23,30H,15-19,21H2,1-2H3/t22-,23+,30-/m1/s1. The zero-order valence-corrected chi connectivity index (χ0v) is 25.8. The van der Waals surface area contributed by atoms with E-state index in [4.69, 9.17) is 14.2 Å². The number of rotatable bonds is 10. The predicted octanol–water partition coefficient (Wildman–Crippen LogP) is 6.81. The van der Waals surface area contributed by atoms with Crippen LogP contribution >= 0.6 is 0 Å². The molecule has 0 spiro atoms. The number of fused-ring (bicyclic) bond motifs is 1. The van der Waals surface area contributed by atoms with Crippen LogP contribution < -0.4 is 23.8 Å². The zero-order valence-electron chi connectivity index (χ0n) is 25.8. The Morgan fingerprint density at radius 3 is 2.21 bits per heavy atom. The minimum absolute atomic E-state index is 0.225. The summed E-state index contributed by atoms with van der Waals surface area (Å²) in [7, 11) is 0. The first-order valence-corrected chi connectivity index (χ1v) is 15.2. The summed E-state index contributed by atoms with van der Waals surface area (Å²) in [5, 5.41) is 11.0. The summed E-state index contributed by atoms with van der Waals surface area (Å²) in [6.45, 7) is 7.81. The third-order valence-corrected chi connectivity index (χ3v) is 8.20. The van der Waals surface area contributed by atoms with E-state index in [0.717, 1.165) is 36.6 Å². The van der Waals surface area contributed by atoms with Crippen molar-refractivity contribution in [3.8, 4) is 29.0 Å². The molecule has 2 aliphatic rings. The number of aryl methyl sites for hydroxylation is 1. The first-order chi connectivity index (χ1) is 22.5. The number of imidazole rings is 1. The molecule has 47 heavy (non-hydrogen) atoms. The average Bonchev–Trinajstić information content (AvgIpc) is 3.47. The van der Waals surface area contributed by atoms with E-state index in [1.165, 1.54) is 30.5 Å². The molecular formula is C33H34F3N5O6. The van der Waals surface area contributed by atoms with Gasteiger partial charge in [-0.3, -0.25) is 9.47 Å². The number of halogens is 3. The van der Waals surface area contributed by atoms with Gasteiger partial charge in [0.05, 0.1) is 0 Å². The first kappa shape index (κ1) is 32.0. The Morgan fingerprint density at radius 2 is 1.55 bits per heavy atom. The van der Waals surface area contributed by atoms with Gasteiger partial charge in [0.2, 0.25) is 0 Å². The second kappa shape index (κ2) is 13.4. The van der Waals surface area contributed by atoms with Gasteiger partial charge in [0, 0.05) is 55.4 Å². The fraction of sp³-hybridized carbons (Fsp3) is 0.364. The molecular weight excluding hydrogens is 619 g/mol. The van der Waals surface area contributed by atoms with Gasteiger partial charge in [-0.2, -0.15) is 0 Å². The molecule has 0 aliphatic carbocycles. The highest BCUT2D eigenvalue weighted by molar-refractivity contribution is 5.50. The van der Waals surface area contributed by atoms with E-state index >= 15 is 0 Å². The summed E-state index contributed by atoms with van der Waals surface area (Å²) in [6.07, 6.45) is -2.93. The Hall–Kier alpha value is -4.98. The highest BCUT2D eigenvalue weighted by Gasteiger charge is 2.32. The van der Waals surface area contributed by atoms with Crippen LogP contribution in [0, 0.1) is 10.1 Å². The molecule has 3 aromatic carbocycles. The Kier molecular flexibility index (Phi) is 9.12. The van der Waals surface area contributed by atoms with Crippen LogP contribution in [-0.2, 0) is 13.1 Å². The number of hydrogen-bond donors (Lipinski definition) is 0. The maximum absolute atomic E-state index is 12.4. The topological polar surface area (TPSA) is 104 Å². The number of benzene rings is 3. The van der Waals surface area contributed by atoms with Crippen LogP contribution in [0.1, 0.15) is 25.8 Å². The third kappa shape index (κ3) is 8.06. The average molecular weight is 654 g/mol. The van der Waals surface area contributed by atoms with Gasteiger partial charge in [0.1, 0.15) is 41.9 Å². The summed E-state index contributed by atoms with van der Waals surface area (Å²) in [5.41, 5.74) is 2.24. The monoisotopic (exact) mass is 653 g/mol. The lowest BCUT2D eigenvalue weighted by Crippen LogP contribution is -2.56. The summed E-state index contributed by atoms with van der Waals surface area (Å²) >= 11 is 0. The molecule has 1 saturated heterocycles. The fourth-order valence-corrected chi connectivity index (χ4v) is 5.78. The van der Waals surface area contributed by atoms with Crippen molar-refractivity contribution in [1.29, 1.82) is 0 Å². The minimum Gasteiger partial charge on any atom is -0.490 e. The van der Waals surface area contributed by atoms with Crippen LogP contribution in [0.3, 0.4) is 0 Å². The number of alkyl halides is 3. The van der Waals surface area contributed by atoms with Crippen molar-refractivity contribution >= 4 is 11.5 Å². The van der Waals surface area contributed by atoms with E-state index in [1.54, 1.807) is 4.57 Å². The van der Waals surface area contributed by atoms with Crippen molar-refractivity contribution in [1.82, 2.24) is 14.5 Å². The predicted molar refractivity (Wildman–Crippen MR) is 166 cm³/mol. The van der Waals surface area contributed by atoms with E-state index in [2.05, 4.69) is 45.5 Å². The lowest BCUT2D eigenvalue weighted by atomic mass is 10.1. The van der Waals surface area contributed by atoms with Crippen molar-refractivity contribution in [3.63, 3.8) is 0 Å². The Labute approximate surface area is 269 Å². The largest absolute Gasteiger partial charge is 0.573 e. The number of nitrogens with zero attached hydrogens (tertiary/aromatic N) is 5. The summed E-state index contributed by atoms with van der Waals surface area (Å²) in [4.78, 5) is 19.2. The lowest BCUT2D eigenvalue weighted by molar-refractivity contribution is -0.389. The molecule has 0 amide bonds. The number of ether oxygens (including phenoxy) is 4. The first-order valence-electron chi connectivity index (χ1n) is 15.2. The Bertz CT molecular complexity index is 1660. The number of nitro groups is 1. The smallest absolute Gasteiger partial charge is 0.490 e. The van der Waals surface area contributed by atoms with Crippen LogP contribution in [0.15, 0.2) is 79.0 Å². The van der Waals surface area contributed by atoms with Crippen molar-refractivity contribution in [2.24, 2.45) is 0 Å². The molecule has 14 heteroatoms. The molecule has 4 aromatic rings. The van der Waals surface area contributed by atoms with E-state index in [9.17, 15) is 23.3 Å². The zero-order chi connectivity index (χ0) is 33.1. The molecule has 2 aliphatic heterocycles. The highest BCUT2D eigenvalue weighted by atomic mass is 19.4. The molecule has 1 aromatic heterocycles. The summed E-state index contributed by atoms with van der Waals surface area (Å²) in [5.74, 6) is 1.19. The number of hydrogen-bond acceptors (Lipinski definition) is 9. The molecule has 3 atom stereocenters. The Balaban J connectivity index is 0.974. The summed E-state index contributed by atoms with van der Waals surface area (Å²) < 4.78 is 60.3. The van der Waals surface area contributed by atoms with E-state index in [0.29, 0.717) is 37.1 Å². The second-order valence-corrected chi connectivity index (χ2v) is 11.7. The molecule has 6 rings (SSSR count). The van der Waals surface area contributed by atoms with Gasteiger partial charge in [0.25, 0.3) is 0 Å². The lowest BCUT2D eigenvalue weighted by Gasteiger charge is -2.45. The van der Waals surface area contributed by atoms with Crippen LogP contribution in [0.2, 0.25) is 0 Å². The minimum atomic E-state index is -4.74. The summed E-state index contributed by atoms with van der Waals surface area (Å²) in [6, 6.07) is 21.8. The van der Waals surface area contributed by atoms with Crippen LogP contribution in [0.5, 0.6) is 29.0 Å². The van der Waals surface area contributed by atoms with Gasteiger partial charge in [-0.25, -0.2) is 0 Å². The van der Waals surface area contributed by atoms with Crippen molar-refractivity contribution in [3.05, 3.63) is 94.7 Å². The van der Waals surface area contributed by atoms with Gasteiger partial charge >= 0.3 is 18.2 Å². The molecule has 0 radical (unpaired) electrons. The molecule has 0 bridgehead atoms.